The monoisotopic (exact) mass is 425 g/mol. The van der Waals surface area contributed by atoms with Gasteiger partial charge in [-0.05, 0) is 51.2 Å². The van der Waals surface area contributed by atoms with Crippen LogP contribution in [0.4, 0.5) is 0 Å². The quantitative estimate of drug-likeness (QED) is 0.781. The maximum absolute atomic E-state index is 12.8. The van der Waals surface area contributed by atoms with Crippen LogP contribution in [0.5, 0.6) is 11.5 Å². The van der Waals surface area contributed by atoms with Crippen LogP contribution in [0.2, 0.25) is 0 Å². The number of para-hydroxylation sites is 1. The number of carbonyl (C=O) groups excluding carboxylic acids is 1. The topological polar surface area (TPSA) is 87.7 Å². The van der Waals surface area contributed by atoms with Gasteiger partial charge in [0.05, 0.1) is 18.4 Å². The molecule has 1 aromatic heterocycles. The lowest BCUT2D eigenvalue weighted by Gasteiger charge is -2.53. The minimum atomic E-state index is -0.446. The molecule has 31 heavy (non-hydrogen) atoms. The lowest BCUT2D eigenvalue weighted by Crippen LogP contribution is -2.56. The molecule has 0 saturated carbocycles. The number of H-pyrrole nitrogens is 1. The van der Waals surface area contributed by atoms with Crippen molar-refractivity contribution < 1.29 is 19.4 Å². The van der Waals surface area contributed by atoms with Gasteiger partial charge in [-0.25, -0.2) is 0 Å². The number of aryl methyl sites for hydroxylation is 1. The Kier molecular flexibility index (Phi) is 5.16. The molecular formula is C24H31N3O4. The number of piperidine rings is 1. The van der Waals surface area contributed by atoms with E-state index in [-0.39, 0.29) is 29.8 Å². The van der Waals surface area contributed by atoms with E-state index in [9.17, 15) is 9.90 Å². The van der Waals surface area contributed by atoms with Crippen molar-refractivity contribution in [1.82, 2.24) is 15.1 Å². The van der Waals surface area contributed by atoms with E-state index in [1.807, 2.05) is 29.4 Å². The first-order chi connectivity index (χ1) is 14.9. The van der Waals surface area contributed by atoms with Gasteiger partial charge in [0, 0.05) is 43.1 Å². The van der Waals surface area contributed by atoms with Gasteiger partial charge in [0.1, 0.15) is 5.60 Å². The summed E-state index contributed by atoms with van der Waals surface area (Å²) in [5, 5.41) is 17.1. The average Bonchev–Trinajstić information content (AvgIpc) is 3.26. The van der Waals surface area contributed by atoms with Gasteiger partial charge >= 0.3 is 0 Å². The van der Waals surface area contributed by atoms with Crippen LogP contribution in [0.15, 0.2) is 30.6 Å². The maximum atomic E-state index is 12.8. The van der Waals surface area contributed by atoms with Gasteiger partial charge in [-0.2, -0.15) is 5.10 Å². The van der Waals surface area contributed by atoms with Crippen LogP contribution in [0.25, 0.3) is 0 Å². The summed E-state index contributed by atoms with van der Waals surface area (Å²) in [5.74, 6) is 1.45. The molecule has 4 atom stereocenters. The Balaban J connectivity index is 1.25. The number of aromatic amines is 1. The predicted octanol–water partition coefficient (Wildman–Crippen LogP) is 3.60. The van der Waals surface area contributed by atoms with Gasteiger partial charge in [-0.15, -0.1) is 0 Å². The SMILES string of the molecule is CC1(C)Oc2c(O)cccc2[C@H]2O[C@H]3CCN(C(=O)CCCc4cn[nH]c4)C[C@H]3C[C@@H]21. The second-order valence-corrected chi connectivity index (χ2v) is 9.69. The molecule has 7 nitrogen and oxygen atoms in total. The fourth-order valence-corrected chi connectivity index (χ4v) is 5.55. The largest absolute Gasteiger partial charge is 0.504 e. The van der Waals surface area contributed by atoms with Crippen molar-refractivity contribution in [3.8, 4) is 11.5 Å². The van der Waals surface area contributed by atoms with Crippen LogP contribution in [0, 0.1) is 11.8 Å². The Morgan fingerprint density at radius 3 is 3.06 bits per heavy atom. The molecule has 0 aliphatic carbocycles. The number of ether oxygens (including phenoxy) is 2. The first-order valence-corrected chi connectivity index (χ1v) is 11.3. The summed E-state index contributed by atoms with van der Waals surface area (Å²) in [6, 6.07) is 5.52. The van der Waals surface area contributed by atoms with Crippen LogP contribution >= 0.6 is 0 Å². The molecule has 0 spiro atoms. The summed E-state index contributed by atoms with van der Waals surface area (Å²) < 4.78 is 12.9. The minimum absolute atomic E-state index is 0.0793. The molecule has 2 N–H and O–H groups in total. The third-order valence-electron chi connectivity index (χ3n) is 7.26. The molecule has 1 aromatic carbocycles. The highest BCUT2D eigenvalue weighted by atomic mass is 16.5. The van der Waals surface area contributed by atoms with Gasteiger partial charge in [-0.1, -0.05) is 12.1 Å². The second-order valence-electron chi connectivity index (χ2n) is 9.69. The molecule has 4 heterocycles. The fourth-order valence-electron chi connectivity index (χ4n) is 5.55. The van der Waals surface area contributed by atoms with E-state index in [2.05, 4.69) is 24.0 Å². The van der Waals surface area contributed by atoms with E-state index in [0.717, 1.165) is 49.9 Å². The number of hydrogen-bond acceptors (Lipinski definition) is 5. The number of benzene rings is 1. The summed E-state index contributed by atoms with van der Waals surface area (Å²) in [6.45, 7) is 5.65. The first-order valence-electron chi connectivity index (χ1n) is 11.3. The molecule has 2 fully saturated rings. The molecule has 5 rings (SSSR count). The number of rotatable bonds is 4. The number of aromatic nitrogens is 2. The van der Waals surface area contributed by atoms with E-state index in [0.29, 0.717) is 18.1 Å². The van der Waals surface area contributed by atoms with E-state index < -0.39 is 5.60 Å². The summed E-state index contributed by atoms with van der Waals surface area (Å²) in [6.07, 6.45) is 7.85. The highest BCUT2D eigenvalue weighted by molar-refractivity contribution is 5.76. The molecule has 1 amide bonds. The lowest BCUT2D eigenvalue weighted by molar-refractivity contribution is -0.189. The van der Waals surface area contributed by atoms with Crippen molar-refractivity contribution in [1.29, 1.82) is 0 Å². The number of nitrogens with one attached hydrogen (secondary N) is 1. The number of likely N-dealkylation sites (tertiary alicyclic amines) is 1. The molecule has 3 aliphatic rings. The Hall–Kier alpha value is -2.54. The van der Waals surface area contributed by atoms with Gasteiger partial charge in [-0.3, -0.25) is 9.89 Å². The number of fused-ring (bicyclic) bond motifs is 4. The molecule has 2 saturated heterocycles. The van der Waals surface area contributed by atoms with Crippen LogP contribution in [0.1, 0.15) is 56.8 Å². The second kappa shape index (κ2) is 7.86. The predicted molar refractivity (Wildman–Crippen MR) is 115 cm³/mol. The molecule has 3 aliphatic heterocycles. The number of phenolic OH excluding ortho intramolecular Hbond substituents is 1. The Morgan fingerprint density at radius 1 is 1.39 bits per heavy atom. The van der Waals surface area contributed by atoms with Crippen molar-refractivity contribution in [2.45, 2.75) is 63.8 Å². The Morgan fingerprint density at radius 2 is 2.26 bits per heavy atom. The van der Waals surface area contributed by atoms with Gasteiger partial charge in [0.2, 0.25) is 5.91 Å². The highest BCUT2D eigenvalue weighted by Gasteiger charge is 2.52. The molecule has 7 heteroatoms. The van der Waals surface area contributed by atoms with Crippen LogP contribution in [-0.2, 0) is 16.0 Å². The standard InChI is InChI=1S/C24H31N3O4/c1-24(2)18-11-16-14-27(21(29)8-3-5-15-12-25-26-13-15)10-9-20(16)30-22(18)17-6-4-7-19(28)23(17)31-24/h4,6-7,12-13,16,18,20,22,28H,3,5,8-11,14H2,1-2H3,(H,25,26)/t16-,18+,20+,22-/m1/s1. The molecule has 2 aromatic rings. The third-order valence-corrected chi connectivity index (χ3v) is 7.26. The zero-order chi connectivity index (χ0) is 21.6. The minimum Gasteiger partial charge on any atom is -0.504 e. The molecule has 0 radical (unpaired) electrons. The summed E-state index contributed by atoms with van der Waals surface area (Å²) >= 11 is 0. The van der Waals surface area contributed by atoms with Crippen molar-refractivity contribution >= 4 is 5.91 Å². The van der Waals surface area contributed by atoms with Gasteiger partial charge in [0.15, 0.2) is 11.5 Å². The number of carbonyl (C=O) groups is 1. The Bertz CT molecular complexity index is 942. The van der Waals surface area contributed by atoms with E-state index in [4.69, 9.17) is 9.47 Å². The van der Waals surface area contributed by atoms with Gasteiger partial charge in [0.25, 0.3) is 0 Å². The fraction of sp³-hybridized carbons (Fsp3) is 0.583. The van der Waals surface area contributed by atoms with Gasteiger partial charge < -0.3 is 19.5 Å². The van der Waals surface area contributed by atoms with Crippen molar-refractivity contribution in [3.63, 3.8) is 0 Å². The highest BCUT2D eigenvalue weighted by Crippen LogP contribution is 2.54. The zero-order valence-electron chi connectivity index (χ0n) is 18.2. The zero-order valence-corrected chi connectivity index (χ0v) is 18.2. The number of aromatic hydroxyl groups is 1. The number of nitrogens with zero attached hydrogens (tertiary/aromatic N) is 2. The van der Waals surface area contributed by atoms with E-state index in [1.54, 1.807) is 6.07 Å². The first kappa shape index (κ1) is 20.4. The Labute approximate surface area is 182 Å². The number of phenols is 1. The van der Waals surface area contributed by atoms with E-state index >= 15 is 0 Å². The smallest absolute Gasteiger partial charge is 0.222 e. The van der Waals surface area contributed by atoms with Crippen LogP contribution in [-0.4, -0.2) is 50.9 Å². The summed E-state index contributed by atoms with van der Waals surface area (Å²) in [7, 11) is 0. The lowest BCUT2D eigenvalue weighted by atomic mass is 9.70. The van der Waals surface area contributed by atoms with E-state index in [1.165, 1.54) is 0 Å². The summed E-state index contributed by atoms with van der Waals surface area (Å²) in [4.78, 5) is 14.8. The molecular weight excluding hydrogens is 394 g/mol. The van der Waals surface area contributed by atoms with Crippen LogP contribution < -0.4 is 4.74 Å². The molecule has 0 unspecified atom stereocenters. The molecule has 0 bridgehead atoms. The summed E-state index contributed by atoms with van der Waals surface area (Å²) in [5.41, 5.74) is 1.64. The maximum Gasteiger partial charge on any atom is 0.222 e. The van der Waals surface area contributed by atoms with Crippen LogP contribution in [0.3, 0.4) is 0 Å². The van der Waals surface area contributed by atoms with Crippen molar-refractivity contribution in [2.24, 2.45) is 11.8 Å². The normalized spacial score (nSPS) is 28.8. The molecule has 166 valence electrons. The average molecular weight is 426 g/mol. The van der Waals surface area contributed by atoms with Crippen molar-refractivity contribution in [3.05, 3.63) is 41.7 Å². The number of hydrogen-bond donors (Lipinski definition) is 2. The number of amides is 1. The third kappa shape index (κ3) is 3.80. The van der Waals surface area contributed by atoms with Crippen molar-refractivity contribution in [2.75, 3.05) is 13.1 Å².